The molecule has 0 amide bonds. The molecule has 1 heterocycles. The van der Waals surface area contributed by atoms with Gasteiger partial charge in [0.25, 0.3) is 5.56 Å². The van der Waals surface area contributed by atoms with Gasteiger partial charge in [-0.15, -0.1) is 0 Å². The lowest BCUT2D eigenvalue weighted by molar-refractivity contribution is 0.0601. The molecule has 0 bridgehead atoms. The van der Waals surface area contributed by atoms with E-state index in [1.54, 1.807) is 48.1 Å². The van der Waals surface area contributed by atoms with Crippen molar-refractivity contribution >= 4 is 16.7 Å². The predicted octanol–water partition coefficient (Wildman–Crippen LogP) is 3.09. The number of carbonyl (C=O) groups excluding carboxylic acids is 1. The molecule has 0 aliphatic rings. The molecule has 2 aromatic carbocycles. The molecule has 0 fully saturated rings. The first-order valence-electron chi connectivity index (χ1n) is 7.44. The fourth-order valence-corrected chi connectivity index (χ4v) is 2.74. The van der Waals surface area contributed by atoms with Gasteiger partial charge in [0.15, 0.2) is 0 Å². The maximum atomic E-state index is 12.9. The molecule has 3 aromatic rings. The van der Waals surface area contributed by atoms with E-state index < -0.39 is 5.97 Å². The molecule has 0 saturated carbocycles. The zero-order chi connectivity index (χ0) is 17.3. The van der Waals surface area contributed by atoms with Crippen molar-refractivity contribution in [1.29, 1.82) is 0 Å². The van der Waals surface area contributed by atoms with Gasteiger partial charge in [0.1, 0.15) is 5.75 Å². The summed E-state index contributed by atoms with van der Waals surface area (Å²) in [6.45, 7) is 1.87. The molecule has 1 aromatic heterocycles. The van der Waals surface area contributed by atoms with Gasteiger partial charge in [0.2, 0.25) is 0 Å². The van der Waals surface area contributed by atoms with Crippen LogP contribution in [0.3, 0.4) is 0 Å². The highest BCUT2D eigenvalue weighted by atomic mass is 16.5. The van der Waals surface area contributed by atoms with Crippen LogP contribution in [0.5, 0.6) is 5.75 Å². The maximum absolute atomic E-state index is 12.9. The minimum atomic E-state index is -0.406. The zero-order valence-corrected chi connectivity index (χ0v) is 13.7. The minimum absolute atomic E-state index is 0.113. The largest absolute Gasteiger partial charge is 0.497 e. The van der Waals surface area contributed by atoms with Crippen molar-refractivity contribution in [2.24, 2.45) is 0 Å². The summed E-state index contributed by atoms with van der Waals surface area (Å²) < 4.78 is 11.5. The van der Waals surface area contributed by atoms with Gasteiger partial charge in [-0.05, 0) is 60.8 Å². The number of pyridine rings is 1. The molecular weight excluding hydrogens is 306 g/mol. The Morgan fingerprint density at radius 1 is 1.00 bits per heavy atom. The van der Waals surface area contributed by atoms with Crippen molar-refractivity contribution in [3.05, 3.63) is 70.1 Å². The number of rotatable bonds is 3. The Hall–Kier alpha value is -3.08. The smallest absolute Gasteiger partial charge is 0.337 e. The molecule has 0 aliphatic carbocycles. The van der Waals surface area contributed by atoms with Gasteiger partial charge in [-0.1, -0.05) is 0 Å². The van der Waals surface area contributed by atoms with Gasteiger partial charge >= 0.3 is 5.97 Å². The first kappa shape index (κ1) is 15.8. The molecule has 0 radical (unpaired) electrons. The number of fused-ring (bicyclic) bond motifs is 1. The molecule has 0 unspecified atom stereocenters. The van der Waals surface area contributed by atoms with Gasteiger partial charge < -0.3 is 9.47 Å². The summed E-state index contributed by atoms with van der Waals surface area (Å²) in [6, 6.07) is 14.1. The highest BCUT2D eigenvalue weighted by molar-refractivity contribution is 5.89. The number of aryl methyl sites for hydroxylation is 1. The molecular formula is C19H17NO4. The Morgan fingerprint density at radius 2 is 1.71 bits per heavy atom. The Labute approximate surface area is 139 Å². The zero-order valence-electron chi connectivity index (χ0n) is 13.7. The summed E-state index contributed by atoms with van der Waals surface area (Å²) in [6.07, 6.45) is 0. The average Bonchev–Trinajstić information content (AvgIpc) is 2.61. The Morgan fingerprint density at radius 3 is 2.33 bits per heavy atom. The molecule has 0 atom stereocenters. The molecule has 122 valence electrons. The predicted molar refractivity (Wildman–Crippen MR) is 92.2 cm³/mol. The number of methoxy groups -OCH3 is 2. The van der Waals surface area contributed by atoms with E-state index in [4.69, 9.17) is 4.74 Å². The number of nitrogens with zero attached hydrogens (tertiary/aromatic N) is 1. The second-order valence-corrected chi connectivity index (χ2v) is 5.42. The summed E-state index contributed by atoms with van der Waals surface area (Å²) in [5.74, 6) is 0.303. The van der Waals surface area contributed by atoms with Gasteiger partial charge in [-0.3, -0.25) is 9.36 Å². The van der Waals surface area contributed by atoms with Crippen LogP contribution in [0.1, 0.15) is 16.1 Å². The van der Waals surface area contributed by atoms with Gasteiger partial charge in [-0.2, -0.15) is 0 Å². The first-order valence-corrected chi connectivity index (χ1v) is 7.44. The first-order chi connectivity index (χ1) is 11.5. The molecule has 5 heteroatoms. The lowest BCUT2D eigenvalue weighted by Gasteiger charge is -2.12. The lowest BCUT2D eigenvalue weighted by Crippen LogP contribution is -2.20. The van der Waals surface area contributed by atoms with E-state index in [9.17, 15) is 9.59 Å². The standard InChI is InChI=1S/C19H17NO4/c1-12-10-14-11-16(23-2)8-9-17(14)18(21)20(12)15-6-4-13(5-7-15)19(22)24-3/h4-11H,1-3H3. The lowest BCUT2D eigenvalue weighted by atomic mass is 10.1. The summed E-state index contributed by atoms with van der Waals surface area (Å²) in [5, 5.41) is 1.44. The van der Waals surface area contributed by atoms with Crippen LogP contribution in [0.2, 0.25) is 0 Å². The van der Waals surface area contributed by atoms with E-state index in [2.05, 4.69) is 4.74 Å². The molecule has 5 nitrogen and oxygen atoms in total. The van der Waals surface area contributed by atoms with Crippen LogP contribution in [0.25, 0.3) is 16.5 Å². The topological polar surface area (TPSA) is 57.5 Å². The molecule has 24 heavy (non-hydrogen) atoms. The van der Waals surface area contributed by atoms with Crippen molar-refractivity contribution in [3.63, 3.8) is 0 Å². The van der Waals surface area contributed by atoms with Crippen molar-refractivity contribution < 1.29 is 14.3 Å². The van der Waals surface area contributed by atoms with Crippen LogP contribution < -0.4 is 10.3 Å². The highest BCUT2D eigenvalue weighted by Crippen LogP contribution is 2.21. The molecule has 0 saturated heterocycles. The number of hydrogen-bond donors (Lipinski definition) is 0. The number of esters is 1. The van der Waals surface area contributed by atoms with E-state index in [0.29, 0.717) is 22.4 Å². The van der Waals surface area contributed by atoms with Gasteiger partial charge in [-0.25, -0.2) is 4.79 Å². The van der Waals surface area contributed by atoms with Crippen molar-refractivity contribution in [2.75, 3.05) is 14.2 Å². The fraction of sp³-hybridized carbons (Fsp3) is 0.158. The third kappa shape index (κ3) is 2.65. The molecule has 0 spiro atoms. The molecule has 3 rings (SSSR count). The summed E-state index contributed by atoms with van der Waals surface area (Å²) in [5.41, 5.74) is 1.82. The Kier molecular flexibility index (Phi) is 4.08. The SMILES string of the molecule is COC(=O)c1ccc(-n2c(C)cc3cc(OC)ccc3c2=O)cc1. The van der Waals surface area contributed by atoms with Crippen molar-refractivity contribution in [2.45, 2.75) is 6.92 Å². The highest BCUT2D eigenvalue weighted by Gasteiger charge is 2.11. The van der Waals surface area contributed by atoms with E-state index in [1.165, 1.54) is 7.11 Å². The van der Waals surface area contributed by atoms with E-state index >= 15 is 0 Å². The van der Waals surface area contributed by atoms with Crippen LogP contribution >= 0.6 is 0 Å². The van der Waals surface area contributed by atoms with E-state index in [-0.39, 0.29) is 5.56 Å². The normalized spacial score (nSPS) is 10.6. The van der Waals surface area contributed by atoms with E-state index in [0.717, 1.165) is 11.1 Å². The van der Waals surface area contributed by atoms with Crippen LogP contribution in [-0.4, -0.2) is 24.8 Å². The maximum Gasteiger partial charge on any atom is 0.337 e. The Bertz CT molecular complexity index is 971. The Balaban J connectivity index is 2.16. The van der Waals surface area contributed by atoms with Crippen LogP contribution in [0.15, 0.2) is 53.3 Å². The third-order valence-electron chi connectivity index (χ3n) is 3.96. The number of aromatic nitrogens is 1. The molecule has 0 aliphatic heterocycles. The van der Waals surface area contributed by atoms with Crippen LogP contribution in [-0.2, 0) is 4.74 Å². The monoisotopic (exact) mass is 323 g/mol. The van der Waals surface area contributed by atoms with Crippen molar-refractivity contribution in [3.8, 4) is 11.4 Å². The second-order valence-electron chi connectivity index (χ2n) is 5.42. The number of benzene rings is 2. The van der Waals surface area contributed by atoms with Crippen molar-refractivity contribution in [1.82, 2.24) is 4.57 Å². The summed E-state index contributed by atoms with van der Waals surface area (Å²) >= 11 is 0. The summed E-state index contributed by atoms with van der Waals surface area (Å²) in [4.78, 5) is 24.4. The second kappa shape index (κ2) is 6.20. The number of hydrogen-bond acceptors (Lipinski definition) is 4. The quantitative estimate of drug-likeness (QED) is 0.695. The fourth-order valence-electron chi connectivity index (χ4n) is 2.74. The van der Waals surface area contributed by atoms with Gasteiger partial charge in [0, 0.05) is 16.8 Å². The van der Waals surface area contributed by atoms with E-state index in [1.807, 2.05) is 19.1 Å². The van der Waals surface area contributed by atoms with Gasteiger partial charge in [0.05, 0.1) is 19.8 Å². The van der Waals surface area contributed by atoms with Crippen LogP contribution in [0, 0.1) is 6.92 Å². The summed E-state index contributed by atoms with van der Waals surface area (Å²) in [7, 11) is 2.93. The molecule has 0 N–H and O–H groups in total. The third-order valence-corrected chi connectivity index (χ3v) is 3.96. The van der Waals surface area contributed by atoms with Crippen LogP contribution in [0.4, 0.5) is 0 Å². The number of carbonyl (C=O) groups is 1. The minimum Gasteiger partial charge on any atom is -0.497 e. The average molecular weight is 323 g/mol. The number of ether oxygens (including phenoxy) is 2.